The highest BCUT2D eigenvalue weighted by Crippen LogP contribution is 2.45. The molecule has 0 saturated heterocycles. The van der Waals surface area contributed by atoms with Gasteiger partial charge in [0.1, 0.15) is 15.8 Å². The maximum absolute atomic E-state index is 13.2. The van der Waals surface area contributed by atoms with Gasteiger partial charge < -0.3 is 19.5 Å². The summed E-state index contributed by atoms with van der Waals surface area (Å²) in [4.78, 5) is 33.2. The quantitative estimate of drug-likeness (QED) is 0.453. The van der Waals surface area contributed by atoms with Crippen LogP contribution in [0.15, 0.2) is 24.3 Å². The van der Waals surface area contributed by atoms with Crippen molar-refractivity contribution in [3.8, 4) is 10.6 Å². The Morgan fingerprint density at radius 3 is 2.88 bits per heavy atom. The fourth-order valence-electron chi connectivity index (χ4n) is 4.55. The Morgan fingerprint density at radius 1 is 1.15 bits per heavy atom. The van der Waals surface area contributed by atoms with Gasteiger partial charge in [0, 0.05) is 30.0 Å². The number of ether oxygens (including phenoxy) is 1. The average molecular weight is 495 g/mol. The minimum Gasteiger partial charge on any atom is -0.450 e. The van der Waals surface area contributed by atoms with E-state index >= 15 is 0 Å². The Labute approximate surface area is 203 Å². The smallest absolute Gasteiger partial charge is 0.410 e. The van der Waals surface area contributed by atoms with Crippen molar-refractivity contribution in [1.29, 1.82) is 0 Å². The summed E-state index contributed by atoms with van der Waals surface area (Å²) in [5.74, 6) is 0.915. The van der Waals surface area contributed by atoms with Crippen LogP contribution < -0.4 is 5.32 Å². The van der Waals surface area contributed by atoms with Crippen molar-refractivity contribution in [1.82, 2.24) is 24.6 Å². The number of nitrogens with zero attached hydrogens (tertiary/aromatic N) is 5. The molecule has 9 nitrogen and oxygen atoms in total. The fourth-order valence-corrected chi connectivity index (χ4v) is 6.91. The van der Waals surface area contributed by atoms with Gasteiger partial charge in [-0.05, 0) is 37.5 Å². The molecule has 5 heterocycles. The molecule has 2 aliphatic heterocycles. The lowest BCUT2D eigenvalue weighted by atomic mass is 10.0. The number of aromatic nitrogens is 4. The molecule has 6 rings (SSSR count). The predicted molar refractivity (Wildman–Crippen MR) is 130 cm³/mol. The van der Waals surface area contributed by atoms with Crippen LogP contribution in [0.3, 0.4) is 0 Å². The second-order valence-electron chi connectivity index (χ2n) is 8.21. The maximum Gasteiger partial charge on any atom is 0.410 e. The molecular formula is C23H22N6O3S2. The summed E-state index contributed by atoms with van der Waals surface area (Å²) < 4.78 is 8.19. The molecule has 0 unspecified atom stereocenters. The summed E-state index contributed by atoms with van der Waals surface area (Å²) in [6, 6.07) is 8.02. The molecule has 0 spiro atoms. The third-order valence-corrected chi connectivity index (χ3v) is 8.32. The summed E-state index contributed by atoms with van der Waals surface area (Å²) in [5, 5.41) is 13.0. The van der Waals surface area contributed by atoms with Crippen LogP contribution in [0.5, 0.6) is 0 Å². The predicted octanol–water partition coefficient (Wildman–Crippen LogP) is 4.33. The summed E-state index contributed by atoms with van der Waals surface area (Å²) in [6.07, 6.45) is 2.17. The fraction of sp³-hybridized carbons (Fsp3) is 0.348. The zero-order chi connectivity index (χ0) is 23.2. The van der Waals surface area contributed by atoms with Gasteiger partial charge >= 0.3 is 6.09 Å². The molecule has 0 fully saturated rings. The monoisotopic (exact) mass is 494 g/mol. The molecule has 11 heteroatoms. The number of carbonyl (C=O) groups is 2. The molecule has 0 aliphatic carbocycles. The van der Waals surface area contributed by atoms with E-state index in [0.717, 1.165) is 61.4 Å². The zero-order valence-corrected chi connectivity index (χ0v) is 20.2. The number of benzene rings is 1. The van der Waals surface area contributed by atoms with E-state index in [1.165, 1.54) is 11.3 Å². The van der Waals surface area contributed by atoms with Gasteiger partial charge in [-0.25, -0.2) is 9.78 Å². The molecule has 0 radical (unpaired) electrons. The van der Waals surface area contributed by atoms with Gasteiger partial charge in [0.25, 0.3) is 5.91 Å². The van der Waals surface area contributed by atoms with E-state index in [1.807, 2.05) is 22.8 Å². The average Bonchev–Trinajstić information content (AvgIpc) is 3.59. The number of hydrogen-bond donors (Lipinski definition) is 1. The largest absolute Gasteiger partial charge is 0.450 e. The number of nitrogens with one attached hydrogen (secondary N) is 1. The van der Waals surface area contributed by atoms with Crippen LogP contribution in [0.2, 0.25) is 0 Å². The second kappa shape index (κ2) is 8.48. The van der Waals surface area contributed by atoms with Gasteiger partial charge in [0.15, 0.2) is 0 Å². The molecule has 34 heavy (non-hydrogen) atoms. The van der Waals surface area contributed by atoms with Gasteiger partial charge in [-0.2, -0.15) is 0 Å². The van der Waals surface area contributed by atoms with Gasteiger partial charge in [0.05, 0.1) is 23.4 Å². The molecule has 4 aromatic rings. The summed E-state index contributed by atoms with van der Waals surface area (Å²) >= 11 is 3.10. The van der Waals surface area contributed by atoms with Crippen molar-refractivity contribution in [2.24, 2.45) is 0 Å². The molecule has 3 aromatic heterocycles. The third kappa shape index (κ3) is 3.55. The molecule has 1 N–H and O–H groups in total. The Balaban J connectivity index is 1.40. The number of para-hydroxylation sites is 1. The van der Waals surface area contributed by atoms with Crippen molar-refractivity contribution >= 4 is 49.9 Å². The van der Waals surface area contributed by atoms with Crippen LogP contribution in [0.4, 0.5) is 9.80 Å². The van der Waals surface area contributed by atoms with Crippen LogP contribution in [0.1, 0.15) is 40.2 Å². The van der Waals surface area contributed by atoms with E-state index in [0.29, 0.717) is 31.9 Å². The van der Waals surface area contributed by atoms with Crippen molar-refractivity contribution < 1.29 is 14.3 Å². The number of carbonyl (C=O) groups excluding carboxylic acids is 2. The van der Waals surface area contributed by atoms with Crippen LogP contribution in [-0.2, 0) is 30.7 Å². The summed E-state index contributed by atoms with van der Waals surface area (Å²) in [5.41, 5.74) is 3.00. The van der Waals surface area contributed by atoms with E-state index < -0.39 is 0 Å². The Bertz CT molecular complexity index is 1390. The highest BCUT2D eigenvalue weighted by atomic mass is 32.1. The topological polar surface area (TPSA) is 102 Å². The van der Waals surface area contributed by atoms with E-state index in [4.69, 9.17) is 9.72 Å². The van der Waals surface area contributed by atoms with E-state index in [2.05, 4.69) is 21.6 Å². The molecule has 0 bridgehead atoms. The Kier molecular flexibility index (Phi) is 5.30. The minimum absolute atomic E-state index is 0.274. The third-order valence-electron chi connectivity index (χ3n) is 6.13. The van der Waals surface area contributed by atoms with Crippen LogP contribution in [0, 0.1) is 0 Å². The number of fused-ring (bicyclic) bond motifs is 3. The molecule has 2 amide bonds. The van der Waals surface area contributed by atoms with Crippen molar-refractivity contribution in [3.05, 3.63) is 46.4 Å². The number of amides is 2. The van der Waals surface area contributed by atoms with Crippen molar-refractivity contribution in [2.45, 2.75) is 39.3 Å². The molecule has 0 saturated carbocycles. The molecule has 1 aromatic carbocycles. The van der Waals surface area contributed by atoms with E-state index in [-0.39, 0.29) is 12.0 Å². The lowest BCUT2D eigenvalue weighted by Gasteiger charge is -2.26. The maximum atomic E-state index is 13.2. The first-order chi connectivity index (χ1) is 16.6. The van der Waals surface area contributed by atoms with E-state index in [9.17, 15) is 9.59 Å². The van der Waals surface area contributed by atoms with Crippen LogP contribution >= 0.6 is 22.7 Å². The van der Waals surface area contributed by atoms with Gasteiger partial charge in [-0.1, -0.05) is 12.1 Å². The first-order valence-corrected chi connectivity index (χ1v) is 12.9. The lowest BCUT2D eigenvalue weighted by molar-refractivity contribution is 0.101. The first kappa shape index (κ1) is 21.2. The summed E-state index contributed by atoms with van der Waals surface area (Å²) in [7, 11) is 0. The normalized spacial score (nSPS) is 14.8. The number of thiophene rings is 1. The van der Waals surface area contributed by atoms with Crippen LogP contribution in [0.25, 0.3) is 20.8 Å². The van der Waals surface area contributed by atoms with Crippen molar-refractivity contribution in [3.63, 3.8) is 0 Å². The zero-order valence-electron chi connectivity index (χ0n) is 18.5. The number of rotatable bonds is 4. The number of aryl methyl sites for hydroxylation is 1. The van der Waals surface area contributed by atoms with Gasteiger partial charge in [-0.3, -0.25) is 4.79 Å². The molecule has 2 aliphatic rings. The second-order valence-corrected chi connectivity index (χ2v) is 10.4. The SMILES string of the molecule is CCOC(=O)N1CCc2c(sc(NC(=O)c3nnc4n3CCC4)c2-c2nc3ccccc3s2)C1. The number of hydrogen-bond acceptors (Lipinski definition) is 8. The van der Waals surface area contributed by atoms with Crippen molar-refractivity contribution in [2.75, 3.05) is 18.5 Å². The number of thiazole rings is 1. The minimum atomic E-state index is -0.312. The van der Waals surface area contributed by atoms with Crippen LogP contribution in [-0.4, -0.2) is 49.8 Å². The molecular weight excluding hydrogens is 472 g/mol. The van der Waals surface area contributed by atoms with Gasteiger partial charge in [-0.15, -0.1) is 32.9 Å². The summed E-state index contributed by atoms with van der Waals surface area (Å²) in [6.45, 7) is 3.91. The highest BCUT2D eigenvalue weighted by molar-refractivity contribution is 7.23. The lowest BCUT2D eigenvalue weighted by Crippen LogP contribution is -2.35. The van der Waals surface area contributed by atoms with Gasteiger partial charge in [0.2, 0.25) is 5.82 Å². The molecule has 174 valence electrons. The standard InChI is InChI=1S/C23H22N6O3S2/c1-2-32-23(31)28-11-9-13-16(12-28)34-22(18(13)21-24-14-6-3-4-7-15(14)33-21)25-20(30)19-27-26-17-8-5-10-29(17)19/h3-4,6-7H,2,5,8-12H2,1H3,(H,25,30). The Hall–Kier alpha value is -3.31. The highest BCUT2D eigenvalue weighted by Gasteiger charge is 2.31. The Morgan fingerprint density at radius 2 is 2.03 bits per heavy atom. The molecule has 0 atom stereocenters. The number of anilines is 1. The first-order valence-electron chi connectivity index (χ1n) is 11.3. The van der Waals surface area contributed by atoms with E-state index in [1.54, 1.807) is 23.2 Å².